The van der Waals surface area contributed by atoms with Gasteiger partial charge in [-0.15, -0.1) is 0 Å². The first-order valence-corrected chi connectivity index (χ1v) is 14.1. The van der Waals surface area contributed by atoms with E-state index in [4.69, 9.17) is 0 Å². The summed E-state index contributed by atoms with van der Waals surface area (Å²) in [5, 5.41) is -15.8. The number of halogens is 42. The minimum Gasteiger partial charge on any atom is -0.247 e. The van der Waals surface area contributed by atoms with Crippen molar-refractivity contribution in [3.05, 3.63) is 23.3 Å². The molecule has 1 nitrogen and oxygen atoms in total. The van der Waals surface area contributed by atoms with E-state index in [1.54, 1.807) is 0 Å². The number of rotatable bonds is 18. The molecule has 0 spiro atoms. The molecule has 388 valence electrons. The van der Waals surface area contributed by atoms with Crippen molar-refractivity contribution >= 4 is 23.2 Å². The fourth-order valence-electron chi connectivity index (χ4n) is 3.31. The number of allylic oxidation sites excluding steroid dienone is 2. The number of ether oxygens (including phenoxy) is 1. The van der Waals surface area contributed by atoms with Crippen molar-refractivity contribution in [3.8, 4) is 0 Å². The van der Waals surface area contributed by atoms with Gasteiger partial charge in [-0.05, 0) is 0 Å². The second-order valence-corrected chi connectivity index (χ2v) is 12.5. The third-order valence-corrected chi connectivity index (χ3v) is 7.90. The Bertz CT molecular complexity index is 1690. The standard InChI is InChI=1S/C22Cl2F40O/c23-5(29,1(25)3(27)7(31,32)9(35,36)11(39,40)13(43,44)15(47,48)17(51,52)19(55,56)57)21(61,62)65-22(63,64)6(24,30)2(26)4(28)8(33,34)10(37,38)12(41,42)14(45,46)16(49,50)18(53,54)20(58,59)60. The van der Waals surface area contributed by atoms with Gasteiger partial charge >= 0.3 is 106 Å². The minimum absolute atomic E-state index is 1.22. The Hall–Kier alpha value is -2.78. The third-order valence-electron chi connectivity index (χ3n) is 7.13. The highest BCUT2D eigenvalue weighted by Gasteiger charge is 2.96. The van der Waals surface area contributed by atoms with E-state index >= 15 is 0 Å². The summed E-state index contributed by atoms with van der Waals surface area (Å²) < 4.78 is 538. The van der Waals surface area contributed by atoms with E-state index in [0.717, 1.165) is 0 Å². The maximum atomic E-state index is 14.3. The molecule has 0 saturated heterocycles. The Morgan fingerprint density at radius 3 is 0.554 bits per heavy atom. The maximum Gasteiger partial charge on any atom is 0.460 e. The van der Waals surface area contributed by atoms with Gasteiger partial charge in [0.15, 0.2) is 11.7 Å². The molecule has 0 aliphatic carbocycles. The SMILES string of the molecule is FC(=C(F)C(F)(Cl)C(F)(F)OC(F)(F)C(F)(Cl)C(F)=C(F)C(F)(F)C(F)(F)C(F)(F)C(F)(F)C(F)(F)C(F)(F)C(F)(F)F)C(F)(F)C(F)(F)C(F)(F)C(F)(F)C(F)(F)C(F)(F)C(F)(F)F. The number of hydrogen-bond donors (Lipinski definition) is 0. The van der Waals surface area contributed by atoms with Gasteiger partial charge < -0.3 is 0 Å². The van der Waals surface area contributed by atoms with Crippen LogP contribution >= 0.6 is 23.2 Å². The van der Waals surface area contributed by atoms with Crippen LogP contribution in [0.4, 0.5) is 176 Å². The van der Waals surface area contributed by atoms with Crippen molar-refractivity contribution in [3.63, 3.8) is 0 Å². The van der Waals surface area contributed by atoms with Gasteiger partial charge in [0, 0.05) is 0 Å². The molecule has 0 N–H and O–H groups in total. The van der Waals surface area contributed by atoms with E-state index in [2.05, 4.69) is 23.2 Å². The first kappa shape index (κ1) is 62.2. The van der Waals surface area contributed by atoms with E-state index in [9.17, 15) is 176 Å². The van der Waals surface area contributed by atoms with Gasteiger partial charge in [-0.2, -0.15) is 149 Å². The molecular formula is C22Cl2F40O. The lowest BCUT2D eigenvalue weighted by atomic mass is 9.90. The largest absolute Gasteiger partial charge is 0.460 e. The molecule has 65 heavy (non-hydrogen) atoms. The summed E-state index contributed by atoms with van der Waals surface area (Å²) in [7, 11) is 0. The van der Waals surface area contributed by atoms with Gasteiger partial charge in [-0.1, -0.05) is 23.2 Å². The van der Waals surface area contributed by atoms with Crippen molar-refractivity contribution in [1.29, 1.82) is 0 Å². The maximum absolute atomic E-state index is 14.3. The minimum atomic E-state index is -9.52. The Balaban J connectivity index is 7.60. The van der Waals surface area contributed by atoms with Gasteiger partial charge in [-0.3, -0.25) is 0 Å². The van der Waals surface area contributed by atoms with Crippen LogP contribution in [0.3, 0.4) is 0 Å². The molecule has 0 radical (unpaired) electrons. The fraction of sp³-hybridized carbons (Fsp3) is 0.818. The molecule has 0 aliphatic heterocycles. The van der Waals surface area contributed by atoms with E-state index in [-0.39, 0.29) is 0 Å². The summed E-state index contributed by atoms with van der Waals surface area (Å²) in [5.74, 6) is -135. The van der Waals surface area contributed by atoms with Crippen LogP contribution in [-0.2, 0) is 4.74 Å². The molecule has 2 unspecified atom stereocenters. The van der Waals surface area contributed by atoms with Crippen LogP contribution in [0.1, 0.15) is 0 Å². The van der Waals surface area contributed by atoms with Crippen LogP contribution in [0.15, 0.2) is 23.3 Å². The van der Waals surface area contributed by atoms with Crippen LogP contribution < -0.4 is 0 Å². The van der Waals surface area contributed by atoms with Gasteiger partial charge in [0.1, 0.15) is 0 Å². The molecule has 0 amide bonds. The lowest BCUT2D eigenvalue weighted by Gasteiger charge is -2.41. The first-order valence-electron chi connectivity index (χ1n) is 13.3. The zero-order chi connectivity index (χ0) is 54.0. The molecular weight excluding hydrogens is 1110 g/mol. The topological polar surface area (TPSA) is 9.23 Å². The van der Waals surface area contributed by atoms with Crippen LogP contribution in [0.5, 0.6) is 0 Å². The fourth-order valence-corrected chi connectivity index (χ4v) is 3.55. The van der Waals surface area contributed by atoms with E-state index in [1.807, 2.05) is 0 Å². The Morgan fingerprint density at radius 2 is 0.385 bits per heavy atom. The molecule has 0 aromatic carbocycles. The summed E-state index contributed by atoms with van der Waals surface area (Å²) >= 11 is 7.05. The van der Waals surface area contributed by atoms with Crippen LogP contribution in [-0.4, -0.2) is 106 Å². The predicted octanol–water partition coefficient (Wildman–Crippen LogP) is 15.0. The van der Waals surface area contributed by atoms with E-state index in [1.165, 1.54) is 4.74 Å². The van der Waals surface area contributed by atoms with Crippen LogP contribution in [0.2, 0.25) is 0 Å². The highest BCUT2D eigenvalue weighted by Crippen LogP contribution is 2.66. The number of alkyl halides is 38. The van der Waals surface area contributed by atoms with Crippen molar-refractivity contribution in [2.24, 2.45) is 0 Å². The average molecular weight is 1110 g/mol. The second-order valence-electron chi connectivity index (χ2n) is 11.4. The predicted molar refractivity (Wildman–Crippen MR) is 120 cm³/mol. The average Bonchev–Trinajstić information content (AvgIpc) is 3.07. The molecule has 0 heterocycles. The quantitative estimate of drug-likeness (QED) is 0.0982. The second kappa shape index (κ2) is 15.9. The van der Waals surface area contributed by atoms with Crippen molar-refractivity contribution in [1.82, 2.24) is 0 Å². The van der Waals surface area contributed by atoms with Gasteiger partial charge in [-0.25, -0.2) is 31.1 Å². The zero-order valence-corrected chi connectivity index (χ0v) is 28.8. The molecule has 0 saturated carbocycles. The Labute approximate surface area is 333 Å². The molecule has 0 aliphatic rings. The van der Waals surface area contributed by atoms with E-state index in [0.29, 0.717) is 0 Å². The highest BCUT2D eigenvalue weighted by molar-refractivity contribution is 6.25. The molecule has 2 atom stereocenters. The lowest BCUT2D eigenvalue weighted by Crippen LogP contribution is -2.72. The normalized spacial score (nSPS) is 19.1. The smallest absolute Gasteiger partial charge is 0.247 e. The summed E-state index contributed by atoms with van der Waals surface area (Å²) in [4.78, 5) is 0. The summed E-state index contributed by atoms with van der Waals surface area (Å²) in [6, 6.07) is 0. The summed E-state index contributed by atoms with van der Waals surface area (Å²) in [6.45, 7) is 0. The van der Waals surface area contributed by atoms with Crippen molar-refractivity contribution < 1.29 is 180 Å². The third kappa shape index (κ3) is 8.26. The molecule has 43 heteroatoms. The summed E-state index contributed by atoms with van der Waals surface area (Å²) in [5.41, 5.74) is 0. The number of hydrogen-bond acceptors (Lipinski definition) is 1. The van der Waals surface area contributed by atoms with Crippen LogP contribution in [0.25, 0.3) is 0 Å². The lowest BCUT2D eigenvalue weighted by molar-refractivity contribution is -0.451. The van der Waals surface area contributed by atoms with Crippen molar-refractivity contribution in [2.75, 3.05) is 0 Å². The van der Waals surface area contributed by atoms with Gasteiger partial charge in [0.2, 0.25) is 11.7 Å². The van der Waals surface area contributed by atoms with Gasteiger partial charge in [0.25, 0.3) is 0 Å². The molecule has 0 aromatic heterocycles. The molecule has 0 aromatic rings. The summed E-state index contributed by atoms with van der Waals surface area (Å²) in [6.07, 6.45) is -33.4. The Morgan fingerprint density at radius 1 is 0.231 bits per heavy atom. The monoisotopic (exact) mass is 1110 g/mol. The van der Waals surface area contributed by atoms with E-state index < -0.39 is 129 Å². The van der Waals surface area contributed by atoms with Crippen molar-refractivity contribution in [2.45, 2.75) is 106 Å². The first-order chi connectivity index (χ1) is 27.3. The molecule has 0 rings (SSSR count). The molecule has 0 bridgehead atoms. The highest BCUT2D eigenvalue weighted by atomic mass is 35.5. The molecule has 0 fully saturated rings. The zero-order valence-electron chi connectivity index (χ0n) is 27.3. The Kier molecular flexibility index (Phi) is 15.2. The van der Waals surface area contributed by atoms with Crippen LogP contribution in [0, 0.1) is 0 Å². The van der Waals surface area contributed by atoms with Gasteiger partial charge in [0.05, 0.1) is 0 Å².